The molecule has 10 heteroatoms. The summed E-state index contributed by atoms with van der Waals surface area (Å²) in [6.07, 6.45) is 7.41. The summed E-state index contributed by atoms with van der Waals surface area (Å²) in [6.45, 7) is 3.40. The average Bonchev–Trinajstić information content (AvgIpc) is 3.77. The number of furan rings is 2. The molecule has 4 aromatic carbocycles. The maximum atomic E-state index is 13.9. The molecule has 252 valence electrons. The summed E-state index contributed by atoms with van der Waals surface area (Å²) in [7, 11) is -4.44. The molecule has 50 heavy (non-hydrogen) atoms. The van der Waals surface area contributed by atoms with Crippen LogP contribution in [0.15, 0.2) is 143 Å². The zero-order valence-corrected chi connectivity index (χ0v) is 27.7. The van der Waals surface area contributed by atoms with Crippen LogP contribution in [0.3, 0.4) is 0 Å². The van der Waals surface area contributed by atoms with Crippen LogP contribution in [0.5, 0.6) is 0 Å². The monoisotopic (exact) mass is 685 g/mol. The van der Waals surface area contributed by atoms with Gasteiger partial charge in [-0.3, -0.25) is 9.59 Å². The van der Waals surface area contributed by atoms with E-state index in [0.29, 0.717) is 23.4 Å². The van der Waals surface area contributed by atoms with Gasteiger partial charge in [-0.2, -0.15) is 0 Å². The Morgan fingerprint density at radius 2 is 1.56 bits per heavy atom. The molecule has 9 nitrogen and oxygen atoms in total. The number of carbonyl (C=O) groups excluding carboxylic acids is 2. The van der Waals surface area contributed by atoms with Crippen molar-refractivity contribution in [2.24, 2.45) is 0 Å². The van der Waals surface area contributed by atoms with Crippen LogP contribution in [-0.2, 0) is 21.3 Å². The Labute approximate surface area is 289 Å². The van der Waals surface area contributed by atoms with Crippen molar-refractivity contribution in [3.8, 4) is 22.6 Å². The minimum Gasteiger partial charge on any atom is -0.748 e. The van der Waals surface area contributed by atoms with Crippen LogP contribution in [0.1, 0.15) is 33.0 Å². The predicted molar refractivity (Wildman–Crippen MR) is 193 cm³/mol. The fourth-order valence-electron chi connectivity index (χ4n) is 5.50. The highest BCUT2D eigenvalue weighted by Gasteiger charge is 2.22. The van der Waals surface area contributed by atoms with Gasteiger partial charge in [-0.25, -0.2) is 8.42 Å². The number of hydrogen-bond donors (Lipinski definition) is 2. The third-order valence-corrected chi connectivity index (χ3v) is 8.82. The van der Waals surface area contributed by atoms with Gasteiger partial charge in [-0.15, -0.1) is 0 Å². The van der Waals surface area contributed by atoms with E-state index < -0.39 is 27.7 Å². The van der Waals surface area contributed by atoms with Crippen LogP contribution in [0.25, 0.3) is 39.7 Å². The van der Waals surface area contributed by atoms with Crippen LogP contribution >= 0.6 is 0 Å². The lowest BCUT2D eigenvalue weighted by Gasteiger charge is -2.18. The molecule has 2 amide bonds. The molecular weight excluding hydrogens is 653 g/mol. The van der Waals surface area contributed by atoms with Crippen molar-refractivity contribution < 1.29 is 31.4 Å². The quantitative estimate of drug-likeness (QED) is 0.0933. The Bertz CT molecular complexity index is 2230. The lowest BCUT2D eigenvalue weighted by Crippen LogP contribution is -2.29. The fraction of sp³-hybridized carbons (Fsp3) is 0.100. The summed E-state index contributed by atoms with van der Waals surface area (Å²) < 4.78 is 44.3. The zero-order chi connectivity index (χ0) is 35.1. The Hall–Kier alpha value is -5.97. The van der Waals surface area contributed by atoms with E-state index in [2.05, 4.69) is 17.2 Å². The molecular formula is C40H33N2O7S-. The highest BCUT2D eigenvalue weighted by molar-refractivity contribution is 7.85. The largest absolute Gasteiger partial charge is 0.748 e. The molecule has 6 rings (SSSR count). The Kier molecular flexibility index (Phi) is 10.2. The van der Waals surface area contributed by atoms with Gasteiger partial charge in [-0.05, 0) is 72.1 Å². The van der Waals surface area contributed by atoms with Crippen molar-refractivity contribution in [3.05, 3.63) is 156 Å². The molecule has 6 aromatic rings. The molecule has 0 bridgehead atoms. The van der Waals surface area contributed by atoms with E-state index in [1.54, 1.807) is 36.6 Å². The molecule has 0 aliphatic carbocycles. The Morgan fingerprint density at radius 3 is 2.26 bits per heavy atom. The van der Waals surface area contributed by atoms with Gasteiger partial charge >= 0.3 is 0 Å². The van der Waals surface area contributed by atoms with Crippen LogP contribution in [0.2, 0.25) is 0 Å². The number of amides is 2. The van der Waals surface area contributed by atoms with Gasteiger partial charge in [0.1, 0.15) is 17.1 Å². The van der Waals surface area contributed by atoms with E-state index in [1.807, 2.05) is 97.1 Å². The van der Waals surface area contributed by atoms with E-state index in [0.717, 1.165) is 44.5 Å². The van der Waals surface area contributed by atoms with Crippen molar-refractivity contribution in [3.63, 3.8) is 0 Å². The van der Waals surface area contributed by atoms with Gasteiger partial charge in [0.25, 0.3) is 5.91 Å². The number of nitrogens with one attached hydrogen (secondary N) is 2. The SMILES string of the molecule is C=C/C=C\c1coc(-c2ccc(NC(=O)C(Cc3ccc(C(=O)NCCS(=O)(=O)[O-])cc3)c3ccc(-c4cc5ccccc5o4)cc3)cc2)c1. The lowest BCUT2D eigenvalue weighted by atomic mass is 9.90. The zero-order valence-electron chi connectivity index (χ0n) is 26.9. The molecule has 2 aromatic heterocycles. The molecule has 0 saturated carbocycles. The molecule has 2 heterocycles. The first-order chi connectivity index (χ1) is 24.1. The van der Waals surface area contributed by atoms with Crippen LogP contribution < -0.4 is 10.6 Å². The number of allylic oxidation sites excluding steroid dienone is 2. The predicted octanol–water partition coefficient (Wildman–Crippen LogP) is 7.80. The van der Waals surface area contributed by atoms with Gasteiger partial charge in [0.05, 0.1) is 28.1 Å². The minimum atomic E-state index is -4.44. The van der Waals surface area contributed by atoms with Gasteiger partial charge in [0.2, 0.25) is 5.91 Å². The average molecular weight is 686 g/mol. The molecule has 0 fully saturated rings. The maximum absolute atomic E-state index is 13.9. The number of fused-ring (bicyclic) bond motifs is 1. The van der Waals surface area contributed by atoms with Crippen LogP contribution in [-0.4, -0.2) is 37.1 Å². The number of rotatable bonds is 13. The normalized spacial score (nSPS) is 12.2. The third kappa shape index (κ3) is 8.54. The van der Waals surface area contributed by atoms with E-state index in [9.17, 15) is 22.6 Å². The van der Waals surface area contributed by atoms with Crippen LogP contribution in [0, 0.1) is 0 Å². The van der Waals surface area contributed by atoms with Gasteiger partial charge < -0.3 is 24.0 Å². The first-order valence-corrected chi connectivity index (χ1v) is 17.4. The molecule has 0 aliphatic rings. The summed E-state index contributed by atoms with van der Waals surface area (Å²) in [4.78, 5) is 26.4. The molecule has 1 unspecified atom stereocenters. The minimum absolute atomic E-state index is 0.218. The van der Waals surface area contributed by atoms with Gasteiger partial charge in [-0.1, -0.05) is 79.4 Å². The molecule has 0 spiro atoms. The van der Waals surface area contributed by atoms with Gasteiger partial charge in [0, 0.05) is 39.9 Å². The molecule has 0 radical (unpaired) electrons. The van der Waals surface area contributed by atoms with Gasteiger partial charge in [0.15, 0.2) is 0 Å². The molecule has 2 N–H and O–H groups in total. The van der Waals surface area contributed by atoms with Crippen molar-refractivity contribution in [2.45, 2.75) is 12.3 Å². The smallest absolute Gasteiger partial charge is 0.251 e. The molecule has 0 aliphatic heterocycles. The first-order valence-electron chi connectivity index (χ1n) is 15.8. The highest BCUT2D eigenvalue weighted by atomic mass is 32.2. The topological polar surface area (TPSA) is 142 Å². The molecule has 0 saturated heterocycles. The Morgan fingerprint density at radius 1 is 0.860 bits per heavy atom. The van der Waals surface area contributed by atoms with Crippen molar-refractivity contribution in [2.75, 3.05) is 17.6 Å². The van der Waals surface area contributed by atoms with E-state index >= 15 is 0 Å². The second kappa shape index (κ2) is 15.1. The van der Waals surface area contributed by atoms with Crippen molar-refractivity contribution in [1.82, 2.24) is 5.32 Å². The number of anilines is 1. The maximum Gasteiger partial charge on any atom is 0.251 e. The number of benzene rings is 4. The third-order valence-electron chi connectivity index (χ3n) is 8.11. The number of carbonyl (C=O) groups is 2. The highest BCUT2D eigenvalue weighted by Crippen LogP contribution is 2.31. The summed E-state index contributed by atoms with van der Waals surface area (Å²) in [5.74, 6) is -0.584. The van der Waals surface area contributed by atoms with E-state index in [4.69, 9.17) is 8.83 Å². The second-order valence-corrected chi connectivity index (χ2v) is 13.2. The first kappa shape index (κ1) is 33.9. The fourth-order valence-corrected chi connectivity index (χ4v) is 5.85. The van der Waals surface area contributed by atoms with Crippen molar-refractivity contribution >= 4 is 44.7 Å². The number of hydrogen-bond acceptors (Lipinski definition) is 7. The van der Waals surface area contributed by atoms with Crippen LogP contribution in [0.4, 0.5) is 5.69 Å². The van der Waals surface area contributed by atoms with E-state index in [1.165, 1.54) is 0 Å². The lowest BCUT2D eigenvalue weighted by molar-refractivity contribution is -0.117. The van der Waals surface area contributed by atoms with Crippen molar-refractivity contribution in [1.29, 1.82) is 0 Å². The number of para-hydroxylation sites is 1. The standard InChI is InChI=1S/C40H34N2O7S/c1-2-3-6-28-24-37(48-26-28)30-17-19-34(20-18-30)42-40(44)35(23-27-9-11-32(12-10-27)39(43)41-21-22-50(45,46)47)29-13-15-31(16-14-29)38-25-33-7-4-5-8-36(33)49-38/h2-20,24-26,35H,1,21-23H2,(H,41,43)(H,42,44)(H,45,46,47)/p-1/b6-3-. The second-order valence-electron chi connectivity index (χ2n) is 11.6. The summed E-state index contributed by atoms with van der Waals surface area (Å²) >= 11 is 0. The Balaban J connectivity index is 1.21. The summed E-state index contributed by atoms with van der Waals surface area (Å²) in [5, 5.41) is 6.49. The molecule has 1 atom stereocenters. The van der Waals surface area contributed by atoms with E-state index in [-0.39, 0.29) is 12.5 Å². The summed E-state index contributed by atoms with van der Waals surface area (Å²) in [6, 6.07) is 33.5. The summed E-state index contributed by atoms with van der Waals surface area (Å²) in [5.41, 5.74) is 5.95.